The van der Waals surface area contributed by atoms with Gasteiger partial charge in [-0.2, -0.15) is 15.0 Å². The molecule has 1 aromatic rings. The van der Waals surface area contributed by atoms with Crippen LogP contribution in [0.15, 0.2) is 0 Å². The van der Waals surface area contributed by atoms with Gasteiger partial charge < -0.3 is 10.2 Å². The predicted molar refractivity (Wildman–Crippen MR) is 78.8 cm³/mol. The van der Waals surface area contributed by atoms with Gasteiger partial charge in [-0.1, -0.05) is 13.8 Å². The molecule has 106 valence electrons. The van der Waals surface area contributed by atoms with Gasteiger partial charge in [0.15, 0.2) is 0 Å². The number of nitrogens with zero attached hydrogens (tertiary/aromatic N) is 4. The fourth-order valence-corrected chi connectivity index (χ4v) is 2.49. The summed E-state index contributed by atoms with van der Waals surface area (Å²) in [6.07, 6.45) is 4.75. The summed E-state index contributed by atoms with van der Waals surface area (Å²) in [4.78, 5) is 14.4. The lowest BCUT2D eigenvalue weighted by molar-refractivity contribution is 0.232. The van der Waals surface area contributed by atoms with Gasteiger partial charge in [0.1, 0.15) is 0 Å². The first-order valence-electron chi connectivity index (χ1n) is 6.71. The molecule has 1 N–H and O–H groups in total. The zero-order valence-electron chi connectivity index (χ0n) is 12.1. The molecular formula is C13H22ClN5. The smallest absolute Gasteiger partial charge is 0.230 e. The third-order valence-electron chi connectivity index (χ3n) is 3.67. The van der Waals surface area contributed by atoms with Crippen molar-refractivity contribution in [1.29, 1.82) is 0 Å². The predicted octanol–water partition coefficient (Wildman–Crippen LogP) is 2.97. The SMILES string of the molecule is CN(C)c1nc(Cl)nc(NC2CCC(C)(C)CC2)n1. The van der Waals surface area contributed by atoms with Gasteiger partial charge in [0.05, 0.1) is 0 Å². The van der Waals surface area contributed by atoms with Crippen LogP contribution in [0.4, 0.5) is 11.9 Å². The quantitative estimate of drug-likeness (QED) is 0.924. The Morgan fingerprint density at radius 3 is 2.37 bits per heavy atom. The van der Waals surface area contributed by atoms with Crippen molar-refractivity contribution in [2.75, 3.05) is 24.3 Å². The van der Waals surface area contributed by atoms with Crippen molar-refractivity contribution in [3.63, 3.8) is 0 Å². The van der Waals surface area contributed by atoms with Gasteiger partial charge in [0.25, 0.3) is 0 Å². The van der Waals surface area contributed by atoms with Gasteiger partial charge in [-0.25, -0.2) is 0 Å². The first kappa shape index (κ1) is 14.3. The Bertz CT molecular complexity index is 437. The molecule has 1 saturated carbocycles. The fourth-order valence-electron chi connectivity index (χ4n) is 2.33. The summed E-state index contributed by atoms with van der Waals surface area (Å²) < 4.78 is 0. The molecule has 0 spiro atoms. The molecule has 5 nitrogen and oxygen atoms in total. The van der Waals surface area contributed by atoms with Crippen LogP contribution in [-0.4, -0.2) is 35.1 Å². The van der Waals surface area contributed by atoms with Gasteiger partial charge in [-0.15, -0.1) is 0 Å². The number of aromatic nitrogens is 3. The highest BCUT2D eigenvalue weighted by molar-refractivity contribution is 6.28. The zero-order chi connectivity index (χ0) is 14.0. The van der Waals surface area contributed by atoms with Gasteiger partial charge in [-0.05, 0) is 42.7 Å². The summed E-state index contributed by atoms with van der Waals surface area (Å²) in [5.74, 6) is 1.16. The second kappa shape index (κ2) is 5.49. The van der Waals surface area contributed by atoms with Crippen molar-refractivity contribution in [2.24, 2.45) is 5.41 Å². The van der Waals surface area contributed by atoms with E-state index in [-0.39, 0.29) is 5.28 Å². The molecule has 0 unspecified atom stereocenters. The highest BCUT2D eigenvalue weighted by Crippen LogP contribution is 2.35. The first-order chi connectivity index (χ1) is 8.85. The number of rotatable bonds is 3. The van der Waals surface area contributed by atoms with Crippen LogP contribution in [0.2, 0.25) is 5.28 Å². The van der Waals surface area contributed by atoms with Crippen LogP contribution in [0.25, 0.3) is 0 Å². The number of halogens is 1. The van der Waals surface area contributed by atoms with E-state index in [4.69, 9.17) is 11.6 Å². The highest BCUT2D eigenvalue weighted by Gasteiger charge is 2.27. The molecule has 1 heterocycles. The second-order valence-corrected chi connectivity index (χ2v) is 6.54. The van der Waals surface area contributed by atoms with Crippen molar-refractivity contribution in [3.8, 4) is 0 Å². The molecule has 19 heavy (non-hydrogen) atoms. The van der Waals surface area contributed by atoms with Crippen LogP contribution in [0.1, 0.15) is 39.5 Å². The minimum atomic E-state index is 0.234. The van der Waals surface area contributed by atoms with E-state index in [0.29, 0.717) is 23.4 Å². The van der Waals surface area contributed by atoms with Crippen LogP contribution >= 0.6 is 11.6 Å². The number of hydrogen-bond donors (Lipinski definition) is 1. The molecule has 0 bridgehead atoms. The molecular weight excluding hydrogens is 262 g/mol. The van der Waals surface area contributed by atoms with Crippen LogP contribution in [-0.2, 0) is 0 Å². The van der Waals surface area contributed by atoms with E-state index in [0.717, 1.165) is 12.8 Å². The summed E-state index contributed by atoms with van der Waals surface area (Å²) in [7, 11) is 3.77. The molecule has 0 saturated heterocycles. The molecule has 0 aliphatic heterocycles. The third kappa shape index (κ3) is 3.93. The Balaban J connectivity index is 2.03. The Labute approximate surface area is 119 Å². The molecule has 2 rings (SSSR count). The molecule has 0 aromatic carbocycles. The van der Waals surface area contributed by atoms with Crippen molar-refractivity contribution in [3.05, 3.63) is 5.28 Å². The minimum absolute atomic E-state index is 0.234. The third-order valence-corrected chi connectivity index (χ3v) is 3.84. The maximum atomic E-state index is 5.93. The average Bonchev–Trinajstić information content (AvgIpc) is 2.31. The average molecular weight is 284 g/mol. The number of anilines is 2. The standard InChI is InChI=1S/C13H22ClN5/c1-13(2)7-5-9(6-8-13)15-11-16-10(14)17-12(18-11)19(3)4/h9H,5-8H2,1-4H3,(H,15,16,17,18). The monoisotopic (exact) mass is 283 g/mol. The van der Waals surface area contributed by atoms with Crippen molar-refractivity contribution in [1.82, 2.24) is 15.0 Å². The summed E-state index contributed by atoms with van der Waals surface area (Å²) in [6, 6.07) is 0.432. The van der Waals surface area contributed by atoms with E-state index in [1.165, 1.54) is 12.8 Å². The highest BCUT2D eigenvalue weighted by atomic mass is 35.5. The largest absolute Gasteiger partial charge is 0.351 e. The second-order valence-electron chi connectivity index (χ2n) is 6.21. The number of nitrogens with one attached hydrogen (secondary N) is 1. The first-order valence-corrected chi connectivity index (χ1v) is 7.09. The summed E-state index contributed by atoms with van der Waals surface area (Å²) in [6.45, 7) is 4.65. The molecule has 0 radical (unpaired) electrons. The zero-order valence-corrected chi connectivity index (χ0v) is 12.8. The van der Waals surface area contributed by atoms with E-state index >= 15 is 0 Å². The summed E-state index contributed by atoms with van der Waals surface area (Å²) in [5, 5.41) is 3.62. The van der Waals surface area contributed by atoms with Crippen LogP contribution in [0.3, 0.4) is 0 Å². The van der Waals surface area contributed by atoms with Gasteiger partial charge >= 0.3 is 0 Å². The van der Waals surface area contributed by atoms with Crippen LogP contribution in [0.5, 0.6) is 0 Å². The minimum Gasteiger partial charge on any atom is -0.351 e. The molecule has 1 aliphatic rings. The van der Waals surface area contributed by atoms with E-state index in [1.54, 1.807) is 0 Å². The summed E-state index contributed by atoms with van der Waals surface area (Å²) >= 11 is 5.93. The van der Waals surface area contributed by atoms with Gasteiger partial charge in [0.2, 0.25) is 17.2 Å². The molecule has 1 aromatic heterocycles. The van der Waals surface area contributed by atoms with Crippen LogP contribution in [0, 0.1) is 5.41 Å². The lowest BCUT2D eigenvalue weighted by atomic mass is 9.76. The van der Waals surface area contributed by atoms with Gasteiger partial charge in [-0.3, -0.25) is 0 Å². The van der Waals surface area contributed by atoms with E-state index in [9.17, 15) is 0 Å². The topological polar surface area (TPSA) is 53.9 Å². The summed E-state index contributed by atoms with van der Waals surface area (Å²) in [5.41, 5.74) is 0.462. The molecule has 6 heteroatoms. The lowest BCUT2D eigenvalue weighted by Crippen LogP contribution is -2.30. The molecule has 0 atom stereocenters. The Kier molecular flexibility index (Phi) is 4.13. The Morgan fingerprint density at radius 2 is 1.79 bits per heavy atom. The normalized spacial score (nSPS) is 19.2. The van der Waals surface area contributed by atoms with E-state index in [2.05, 4.69) is 34.1 Å². The van der Waals surface area contributed by atoms with E-state index < -0.39 is 0 Å². The maximum Gasteiger partial charge on any atom is 0.230 e. The maximum absolute atomic E-state index is 5.93. The van der Waals surface area contributed by atoms with Crippen LogP contribution < -0.4 is 10.2 Å². The van der Waals surface area contributed by atoms with E-state index in [1.807, 2.05) is 19.0 Å². The van der Waals surface area contributed by atoms with Gasteiger partial charge in [0, 0.05) is 20.1 Å². The lowest BCUT2D eigenvalue weighted by Gasteiger charge is -2.34. The van der Waals surface area contributed by atoms with Crippen molar-refractivity contribution in [2.45, 2.75) is 45.6 Å². The molecule has 1 aliphatic carbocycles. The number of hydrogen-bond acceptors (Lipinski definition) is 5. The Hall–Kier alpha value is -1.10. The van der Waals surface area contributed by atoms with Crippen molar-refractivity contribution >= 4 is 23.5 Å². The molecule has 1 fully saturated rings. The fraction of sp³-hybridized carbons (Fsp3) is 0.769. The Morgan fingerprint density at radius 1 is 1.16 bits per heavy atom. The molecule has 0 amide bonds. The van der Waals surface area contributed by atoms with Crippen molar-refractivity contribution < 1.29 is 0 Å².